The molecule has 0 aliphatic heterocycles. The van der Waals surface area contributed by atoms with Crippen LogP contribution in [0.5, 0.6) is 0 Å². The van der Waals surface area contributed by atoms with Crippen LogP contribution in [0.15, 0.2) is 66.9 Å². The number of carbonyl (C=O) groups is 1. The van der Waals surface area contributed by atoms with Gasteiger partial charge in [-0.3, -0.25) is 4.79 Å². The van der Waals surface area contributed by atoms with E-state index in [1.807, 2.05) is 31.2 Å². The average molecular weight is 371 g/mol. The molecule has 138 valence electrons. The van der Waals surface area contributed by atoms with Crippen molar-refractivity contribution in [2.45, 2.75) is 13.1 Å². The van der Waals surface area contributed by atoms with Gasteiger partial charge in [0.2, 0.25) is 0 Å². The Morgan fingerprint density at radius 3 is 2.22 bits per heavy atom. The summed E-state index contributed by atoms with van der Waals surface area (Å²) in [5.74, 6) is -0.141. The van der Waals surface area contributed by atoms with Crippen LogP contribution in [0.3, 0.4) is 0 Å². The molecular formula is C20H16F3N3O. The quantitative estimate of drug-likeness (QED) is 0.645. The molecule has 7 heteroatoms. The van der Waals surface area contributed by atoms with Gasteiger partial charge in [-0.2, -0.15) is 13.2 Å². The van der Waals surface area contributed by atoms with E-state index in [0.29, 0.717) is 5.82 Å². The van der Waals surface area contributed by atoms with Crippen LogP contribution in [0, 0.1) is 6.92 Å². The van der Waals surface area contributed by atoms with Crippen LogP contribution in [0.2, 0.25) is 0 Å². The van der Waals surface area contributed by atoms with Crippen molar-refractivity contribution >= 4 is 23.1 Å². The highest BCUT2D eigenvalue weighted by Crippen LogP contribution is 2.34. The number of halogens is 3. The fourth-order valence-electron chi connectivity index (χ4n) is 2.49. The number of hydrogen-bond donors (Lipinski definition) is 2. The Bertz CT molecular complexity index is 953. The molecule has 0 atom stereocenters. The molecule has 0 saturated carbocycles. The number of nitrogens with one attached hydrogen (secondary N) is 2. The van der Waals surface area contributed by atoms with Gasteiger partial charge in [0.05, 0.1) is 16.8 Å². The molecular weight excluding hydrogens is 355 g/mol. The third-order valence-electron chi connectivity index (χ3n) is 3.91. The number of carbonyl (C=O) groups excluding carboxylic acids is 1. The summed E-state index contributed by atoms with van der Waals surface area (Å²) >= 11 is 0. The van der Waals surface area contributed by atoms with Crippen molar-refractivity contribution in [3.05, 3.63) is 83.6 Å². The summed E-state index contributed by atoms with van der Waals surface area (Å²) in [4.78, 5) is 16.4. The number of amides is 1. The lowest BCUT2D eigenvalue weighted by atomic mass is 10.1. The van der Waals surface area contributed by atoms with Gasteiger partial charge in [-0.1, -0.05) is 30.3 Å². The van der Waals surface area contributed by atoms with E-state index in [-0.39, 0.29) is 11.3 Å². The molecule has 1 aromatic heterocycles. The lowest BCUT2D eigenvalue weighted by Gasteiger charge is -2.13. The van der Waals surface area contributed by atoms with Gasteiger partial charge < -0.3 is 10.6 Å². The van der Waals surface area contributed by atoms with Crippen molar-refractivity contribution < 1.29 is 18.0 Å². The summed E-state index contributed by atoms with van der Waals surface area (Å²) in [6.07, 6.45) is -3.24. The molecule has 0 aliphatic rings. The Balaban J connectivity index is 1.75. The maximum Gasteiger partial charge on any atom is 0.418 e. The summed E-state index contributed by atoms with van der Waals surface area (Å²) in [7, 11) is 0. The molecule has 0 fully saturated rings. The second kappa shape index (κ2) is 7.49. The number of nitrogens with zero attached hydrogens (tertiary/aromatic N) is 1. The number of rotatable bonds is 4. The normalized spacial score (nSPS) is 11.1. The molecule has 0 radical (unpaired) electrons. The Morgan fingerprint density at radius 2 is 1.59 bits per heavy atom. The van der Waals surface area contributed by atoms with Crippen molar-refractivity contribution in [3.63, 3.8) is 0 Å². The Kier molecular flexibility index (Phi) is 5.12. The lowest BCUT2D eigenvalue weighted by molar-refractivity contribution is -0.136. The van der Waals surface area contributed by atoms with Crippen LogP contribution in [-0.4, -0.2) is 10.9 Å². The third-order valence-corrected chi connectivity index (χ3v) is 3.91. The van der Waals surface area contributed by atoms with E-state index >= 15 is 0 Å². The third kappa shape index (κ3) is 4.44. The minimum absolute atomic E-state index is 0.155. The van der Waals surface area contributed by atoms with E-state index in [1.165, 1.54) is 30.5 Å². The van der Waals surface area contributed by atoms with E-state index in [0.717, 1.165) is 17.3 Å². The zero-order valence-electron chi connectivity index (χ0n) is 14.3. The van der Waals surface area contributed by atoms with Crippen molar-refractivity contribution in [3.8, 4) is 0 Å². The smallest absolute Gasteiger partial charge is 0.340 e. The van der Waals surface area contributed by atoms with Gasteiger partial charge in [-0.15, -0.1) is 0 Å². The Hall–Kier alpha value is -3.35. The van der Waals surface area contributed by atoms with Crippen LogP contribution in [0.4, 0.5) is 30.4 Å². The molecule has 0 spiro atoms. The van der Waals surface area contributed by atoms with E-state index in [1.54, 1.807) is 6.07 Å². The average Bonchev–Trinajstić information content (AvgIpc) is 2.64. The standard InChI is InChI=1S/C20H16F3N3O/c1-13-6-2-4-8-16(13)25-18-11-10-14(12-24-18)19(27)26-17-9-5-3-7-15(17)20(21,22)23/h2-12H,1H3,(H,24,25)(H,26,27). The highest BCUT2D eigenvalue weighted by molar-refractivity contribution is 6.04. The summed E-state index contributed by atoms with van der Waals surface area (Å²) in [6.45, 7) is 1.95. The fourth-order valence-corrected chi connectivity index (χ4v) is 2.49. The summed E-state index contributed by atoms with van der Waals surface area (Å²) < 4.78 is 39.1. The van der Waals surface area contributed by atoms with Crippen LogP contribution in [0.1, 0.15) is 21.5 Å². The van der Waals surface area contributed by atoms with Gasteiger partial charge in [0, 0.05) is 11.9 Å². The highest BCUT2D eigenvalue weighted by atomic mass is 19.4. The van der Waals surface area contributed by atoms with Crippen molar-refractivity contribution in [2.75, 3.05) is 10.6 Å². The first-order valence-corrected chi connectivity index (χ1v) is 8.11. The van der Waals surface area contributed by atoms with Gasteiger partial charge in [0.1, 0.15) is 5.82 Å². The molecule has 3 rings (SSSR count). The molecule has 2 aromatic carbocycles. The number of para-hydroxylation sites is 2. The lowest BCUT2D eigenvalue weighted by Crippen LogP contribution is -2.16. The number of benzene rings is 2. The van der Waals surface area contributed by atoms with Crippen LogP contribution in [-0.2, 0) is 6.18 Å². The zero-order chi connectivity index (χ0) is 19.4. The first-order valence-electron chi connectivity index (χ1n) is 8.11. The summed E-state index contributed by atoms with van der Waals surface area (Å²) in [5, 5.41) is 5.42. The van der Waals surface area contributed by atoms with Crippen LogP contribution in [0.25, 0.3) is 0 Å². The van der Waals surface area contributed by atoms with Crippen molar-refractivity contribution in [2.24, 2.45) is 0 Å². The highest BCUT2D eigenvalue weighted by Gasteiger charge is 2.33. The second-order valence-electron chi connectivity index (χ2n) is 5.87. The summed E-state index contributed by atoms with van der Waals surface area (Å²) in [6, 6.07) is 15.6. The first-order chi connectivity index (χ1) is 12.8. The maximum atomic E-state index is 13.0. The number of pyridine rings is 1. The minimum Gasteiger partial charge on any atom is -0.340 e. The molecule has 27 heavy (non-hydrogen) atoms. The van der Waals surface area contributed by atoms with E-state index in [2.05, 4.69) is 15.6 Å². The first kappa shape index (κ1) is 18.4. The molecule has 2 N–H and O–H groups in total. The number of alkyl halides is 3. The topological polar surface area (TPSA) is 54.0 Å². The molecule has 0 saturated heterocycles. The van der Waals surface area contributed by atoms with Gasteiger partial charge >= 0.3 is 6.18 Å². The monoisotopic (exact) mass is 371 g/mol. The molecule has 4 nitrogen and oxygen atoms in total. The number of aromatic nitrogens is 1. The number of aryl methyl sites for hydroxylation is 1. The van der Waals surface area contributed by atoms with E-state index in [9.17, 15) is 18.0 Å². The Labute approximate surface area is 154 Å². The predicted molar refractivity (Wildman–Crippen MR) is 98.1 cm³/mol. The molecule has 0 unspecified atom stereocenters. The molecule has 1 amide bonds. The SMILES string of the molecule is Cc1ccccc1Nc1ccc(C(=O)Nc2ccccc2C(F)(F)F)cn1. The largest absolute Gasteiger partial charge is 0.418 e. The fraction of sp³-hybridized carbons (Fsp3) is 0.100. The van der Waals surface area contributed by atoms with Gasteiger partial charge in [0.15, 0.2) is 0 Å². The van der Waals surface area contributed by atoms with E-state index in [4.69, 9.17) is 0 Å². The van der Waals surface area contributed by atoms with Gasteiger partial charge in [0.25, 0.3) is 5.91 Å². The number of hydrogen-bond acceptors (Lipinski definition) is 3. The van der Waals surface area contributed by atoms with Gasteiger partial charge in [-0.05, 0) is 42.8 Å². The number of anilines is 3. The molecule has 1 heterocycles. The second-order valence-corrected chi connectivity index (χ2v) is 5.87. The van der Waals surface area contributed by atoms with E-state index < -0.39 is 17.6 Å². The molecule has 0 bridgehead atoms. The van der Waals surface area contributed by atoms with Crippen LogP contribution < -0.4 is 10.6 Å². The zero-order valence-corrected chi connectivity index (χ0v) is 14.3. The summed E-state index contributed by atoms with van der Waals surface area (Å²) in [5.41, 5.74) is 0.870. The Morgan fingerprint density at radius 1 is 0.926 bits per heavy atom. The van der Waals surface area contributed by atoms with Crippen LogP contribution >= 0.6 is 0 Å². The van der Waals surface area contributed by atoms with Crippen molar-refractivity contribution in [1.29, 1.82) is 0 Å². The predicted octanol–water partition coefficient (Wildman–Crippen LogP) is 5.40. The molecule has 0 aliphatic carbocycles. The minimum atomic E-state index is -4.55. The molecule has 3 aromatic rings. The maximum absolute atomic E-state index is 13.0. The van der Waals surface area contributed by atoms with Crippen molar-refractivity contribution in [1.82, 2.24) is 4.98 Å². The van der Waals surface area contributed by atoms with Gasteiger partial charge in [-0.25, -0.2) is 4.98 Å².